The number of para-hydroxylation sites is 2. The molecule has 0 bridgehead atoms. The molecule has 171 valence electrons. The van der Waals surface area contributed by atoms with Gasteiger partial charge in [0.2, 0.25) is 0 Å². The van der Waals surface area contributed by atoms with Crippen LogP contribution in [-0.4, -0.2) is 16.5 Å². The number of aromatic nitrogens is 1. The average molecular weight is 647 g/mol. The molecule has 3 nitrogen and oxygen atoms in total. The first-order valence-corrected chi connectivity index (χ1v) is 11.8. The van der Waals surface area contributed by atoms with Crippen molar-refractivity contribution in [3.8, 4) is 10.6 Å². The van der Waals surface area contributed by atoms with Crippen molar-refractivity contribution in [3.05, 3.63) is 126 Å². The number of carbonyl (C=O) groups excluding carboxylic acids is 1. The van der Waals surface area contributed by atoms with Crippen LogP contribution in [0.4, 0.5) is 5.69 Å². The number of rotatable bonds is 1. The summed E-state index contributed by atoms with van der Waals surface area (Å²) in [7, 11) is 0. The summed E-state index contributed by atoms with van der Waals surface area (Å²) in [4.78, 5) is 21.8. The zero-order chi connectivity index (χ0) is 22.9. The van der Waals surface area contributed by atoms with E-state index in [2.05, 4.69) is 28.2 Å². The number of ketones is 1. The standard InChI is InChI=1S/C17H10NO.C13H8NS.Ir/c19-17-13-7-3-4-8-15(13)18-16-12-6-2-1-5-11(12)9-10-14(16)17;1-2-6-10(7-3-1)13-14-11-8-4-5-9-12(11)15-13;/h1-5,7-10,14H;1-6,8-9H;/q2*-1;. The molecule has 1 aliphatic heterocycles. The number of hydrogen-bond acceptors (Lipinski definition) is 4. The Bertz CT molecular complexity index is 1550. The molecule has 0 fully saturated rings. The molecule has 0 amide bonds. The topological polar surface area (TPSA) is 42.3 Å². The number of nitrogens with zero attached hydrogens (tertiary/aromatic N) is 2. The van der Waals surface area contributed by atoms with Crippen molar-refractivity contribution in [1.29, 1.82) is 0 Å². The van der Waals surface area contributed by atoms with Gasteiger partial charge < -0.3 is 0 Å². The molecule has 1 aliphatic carbocycles. The minimum Gasteiger partial charge on any atom is -0.299 e. The van der Waals surface area contributed by atoms with Crippen LogP contribution in [-0.2, 0) is 20.1 Å². The van der Waals surface area contributed by atoms with Crippen LogP contribution in [0.15, 0.2) is 102 Å². The maximum atomic E-state index is 12.5. The van der Waals surface area contributed by atoms with Crippen LogP contribution in [0.1, 0.15) is 21.5 Å². The number of thiazole rings is 1. The van der Waals surface area contributed by atoms with Crippen molar-refractivity contribution in [2.24, 2.45) is 10.9 Å². The molecule has 7 rings (SSSR count). The molecule has 35 heavy (non-hydrogen) atoms. The molecule has 1 aromatic heterocycles. The van der Waals surface area contributed by atoms with Crippen molar-refractivity contribution in [2.75, 3.05) is 0 Å². The summed E-state index contributed by atoms with van der Waals surface area (Å²) >= 11 is 1.71. The van der Waals surface area contributed by atoms with Crippen LogP contribution in [0.25, 0.3) is 26.9 Å². The SMILES string of the molecule is O=C1c2ccccc2N=C2c3[c-]cccc3C=CC12.[Ir].[c-]1ccccc1-c1nc2ccccc2s1. The van der Waals surface area contributed by atoms with E-state index in [1.165, 1.54) is 4.70 Å². The Morgan fingerprint density at radius 2 is 1.63 bits per heavy atom. The van der Waals surface area contributed by atoms with Crippen molar-refractivity contribution in [3.63, 3.8) is 0 Å². The minimum absolute atomic E-state index is 0. The third-order valence-electron chi connectivity index (χ3n) is 5.83. The van der Waals surface area contributed by atoms with Crippen LogP contribution in [0.2, 0.25) is 0 Å². The predicted octanol–water partition coefficient (Wildman–Crippen LogP) is 7.21. The minimum atomic E-state index is -0.263. The molecule has 1 radical (unpaired) electrons. The number of fused-ring (bicyclic) bond motifs is 5. The molecule has 1 unspecified atom stereocenters. The van der Waals surface area contributed by atoms with Gasteiger partial charge >= 0.3 is 0 Å². The van der Waals surface area contributed by atoms with Gasteiger partial charge in [0.05, 0.1) is 11.2 Å². The molecular weight excluding hydrogens is 629 g/mol. The summed E-state index contributed by atoms with van der Waals surface area (Å²) in [5.41, 5.74) is 6.44. The number of hydrogen-bond donors (Lipinski definition) is 0. The normalized spacial score (nSPS) is 15.0. The van der Waals surface area contributed by atoms with Gasteiger partial charge in [0.1, 0.15) is 0 Å². The van der Waals surface area contributed by atoms with Crippen molar-refractivity contribution >= 4 is 44.8 Å². The van der Waals surface area contributed by atoms with Crippen LogP contribution in [0.5, 0.6) is 0 Å². The molecule has 0 spiro atoms. The molecule has 5 aromatic rings. The second-order valence-corrected chi connectivity index (χ2v) is 9.01. The fourth-order valence-corrected chi connectivity index (χ4v) is 5.14. The first-order valence-electron chi connectivity index (χ1n) is 11.0. The Morgan fingerprint density at radius 1 is 0.829 bits per heavy atom. The third-order valence-corrected chi connectivity index (χ3v) is 6.90. The van der Waals surface area contributed by atoms with E-state index >= 15 is 0 Å². The van der Waals surface area contributed by atoms with Gasteiger partial charge in [-0.25, -0.2) is 0 Å². The van der Waals surface area contributed by atoms with E-state index in [-0.39, 0.29) is 31.8 Å². The van der Waals surface area contributed by atoms with E-state index in [9.17, 15) is 4.79 Å². The van der Waals surface area contributed by atoms with Gasteiger partial charge in [-0.15, -0.1) is 77.4 Å². The predicted molar refractivity (Wildman–Crippen MR) is 139 cm³/mol. The smallest absolute Gasteiger partial charge is 0.169 e. The van der Waals surface area contributed by atoms with Crippen molar-refractivity contribution < 1.29 is 24.9 Å². The number of allylic oxidation sites excluding steroid dienone is 1. The molecular formula is C30H18IrN2OS-2. The van der Waals surface area contributed by atoms with Crippen LogP contribution >= 0.6 is 11.3 Å². The van der Waals surface area contributed by atoms with E-state index in [0.717, 1.165) is 38.6 Å². The van der Waals surface area contributed by atoms with Crippen LogP contribution in [0.3, 0.4) is 0 Å². The summed E-state index contributed by atoms with van der Waals surface area (Å²) in [5.74, 6) is -0.138. The molecule has 0 saturated carbocycles. The second-order valence-electron chi connectivity index (χ2n) is 7.98. The Kier molecular flexibility index (Phi) is 6.65. The Balaban J connectivity index is 0.000000145. The molecule has 0 saturated heterocycles. The summed E-state index contributed by atoms with van der Waals surface area (Å²) in [6, 6.07) is 35.9. The number of carbonyl (C=O) groups is 1. The third kappa shape index (κ3) is 4.46. The summed E-state index contributed by atoms with van der Waals surface area (Å²) < 4.78 is 1.23. The van der Waals surface area contributed by atoms with Crippen LogP contribution in [0, 0.1) is 18.1 Å². The zero-order valence-corrected chi connectivity index (χ0v) is 21.6. The average Bonchev–Trinajstić information content (AvgIpc) is 3.34. The first kappa shape index (κ1) is 23.3. The van der Waals surface area contributed by atoms with E-state index in [4.69, 9.17) is 0 Å². The summed E-state index contributed by atoms with van der Waals surface area (Å²) in [5, 5.41) is 1.04. The maximum absolute atomic E-state index is 12.5. The van der Waals surface area contributed by atoms with Gasteiger partial charge in [0.15, 0.2) is 5.78 Å². The van der Waals surface area contributed by atoms with Crippen LogP contribution < -0.4 is 0 Å². The summed E-state index contributed by atoms with van der Waals surface area (Å²) in [6.45, 7) is 0. The quantitative estimate of drug-likeness (QED) is 0.181. The molecule has 0 N–H and O–H groups in total. The molecule has 4 aromatic carbocycles. The Morgan fingerprint density at radius 3 is 2.49 bits per heavy atom. The van der Waals surface area contributed by atoms with Gasteiger partial charge in [-0.05, 0) is 30.0 Å². The fourth-order valence-electron chi connectivity index (χ4n) is 4.18. The molecule has 1 atom stereocenters. The van der Waals surface area contributed by atoms with E-state index < -0.39 is 0 Å². The molecule has 5 heteroatoms. The van der Waals surface area contributed by atoms with Gasteiger partial charge in [-0.1, -0.05) is 30.3 Å². The number of benzene rings is 4. The summed E-state index contributed by atoms with van der Waals surface area (Å²) in [6.07, 6.45) is 3.93. The zero-order valence-electron chi connectivity index (χ0n) is 18.4. The monoisotopic (exact) mass is 647 g/mol. The fraction of sp³-hybridized carbons (Fsp3) is 0.0333. The Hall–Kier alpha value is -3.50. The number of aliphatic imine (C=N–C) groups is 1. The van der Waals surface area contributed by atoms with E-state index in [0.29, 0.717) is 5.56 Å². The maximum Gasteiger partial charge on any atom is 0.169 e. The second kappa shape index (κ2) is 10.0. The molecule has 2 aliphatic rings. The largest absolute Gasteiger partial charge is 0.299 e. The van der Waals surface area contributed by atoms with Gasteiger partial charge in [-0.3, -0.25) is 14.8 Å². The van der Waals surface area contributed by atoms with Gasteiger partial charge in [0.25, 0.3) is 0 Å². The first-order chi connectivity index (χ1) is 16.8. The number of Topliss-reactive ketones (excluding diaryl/α,β-unsaturated/α-hetero) is 1. The van der Waals surface area contributed by atoms with Crippen molar-refractivity contribution in [1.82, 2.24) is 4.98 Å². The molecule has 2 heterocycles. The van der Waals surface area contributed by atoms with Gasteiger partial charge in [0, 0.05) is 41.3 Å². The Labute approximate surface area is 221 Å². The van der Waals surface area contributed by atoms with Crippen molar-refractivity contribution in [2.45, 2.75) is 0 Å². The van der Waals surface area contributed by atoms with E-state index in [1.807, 2.05) is 97.1 Å². The van der Waals surface area contributed by atoms with Gasteiger partial charge in [-0.2, -0.15) is 11.3 Å². The van der Waals surface area contributed by atoms with E-state index in [1.54, 1.807) is 11.3 Å².